The van der Waals surface area contributed by atoms with Crippen molar-refractivity contribution in [1.82, 2.24) is 4.84 Å². The fourth-order valence-corrected chi connectivity index (χ4v) is 1.55. The van der Waals surface area contributed by atoms with Gasteiger partial charge < -0.3 is 9.84 Å². The molecule has 0 spiro atoms. The molecule has 0 aromatic heterocycles. The third kappa shape index (κ3) is 3.97. The number of ether oxygens (including phenoxy) is 1. The molecule has 0 saturated heterocycles. The average Bonchev–Trinajstić information content (AvgIpc) is 2.29. The number of nitrogens with one attached hydrogen (secondary N) is 1. The monoisotopic (exact) mass is 249 g/mol. The van der Waals surface area contributed by atoms with Crippen LogP contribution in [0.3, 0.4) is 0 Å². The molecule has 0 aliphatic heterocycles. The van der Waals surface area contributed by atoms with Crippen LogP contribution in [0.2, 0.25) is 0 Å². The first kappa shape index (κ1) is 12.7. The molecule has 0 heterocycles. The molecule has 0 fully saturated rings. The van der Waals surface area contributed by atoms with E-state index in [1.54, 1.807) is 0 Å². The molecule has 2 N–H and O–H groups in total. The Hall–Kier alpha value is -0.320. The van der Waals surface area contributed by atoms with E-state index in [-0.39, 0.29) is 6.61 Å². The van der Waals surface area contributed by atoms with E-state index in [1.807, 2.05) is 24.3 Å². The van der Waals surface area contributed by atoms with E-state index < -0.39 is 5.50 Å². The largest absolute Gasteiger partial charge is 0.394 e. The van der Waals surface area contributed by atoms with Crippen molar-refractivity contribution in [2.75, 3.05) is 13.2 Å². The lowest BCUT2D eigenvalue weighted by atomic mass is 10.1. The summed E-state index contributed by atoms with van der Waals surface area (Å²) in [5.41, 5.74) is 1.40. The number of aliphatic hydroxyl groups is 1. The van der Waals surface area contributed by atoms with Crippen LogP contribution >= 0.6 is 23.4 Å². The first-order valence-corrected chi connectivity index (χ1v) is 5.37. The molecule has 0 saturated carbocycles. The second-order valence-electron chi connectivity index (χ2n) is 2.95. The Labute approximate surface area is 99.1 Å². The summed E-state index contributed by atoms with van der Waals surface area (Å²) < 4.78 is 5.22. The van der Waals surface area contributed by atoms with Crippen molar-refractivity contribution in [2.24, 2.45) is 0 Å². The minimum Gasteiger partial charge on any atom is -0.394 e. The van der Waals surface area contributed by atoms with E-state index in [2.05, 4.69) is 4.84 Å². The van der Waals surface area contributed by atoms with E-state index in [4.69, 9.17) is 33.2 Å². The molecular weight excluding hydrogens is 237 g/mol. The van der Waals surface area contributed by atoms with Crippen LogP contribution in [0.15, 0.2) is 24.3 Å². The second-order valence-corrected chi connectivity index (χ2v) is 3.60. The first-order chi connectivity index (χ1) is 7.29. The molecule has 1 aromatic carbocycles. The molecule has 1 aromatic rings. The summed E-state index contributed by atoms with van der Waals surface area (Å²) in [6.07, 6.45) is 0. The van der Waals surface area contributed by atoms with Crippen LogP contribution in [0.25, 0.3) is 0 Å². The van der Waals surface area contributed by atoms with Gasteiger partial charge >= 0.3 is 0 Å². The van der Waals surface area contributed by atoms with E-state index in [9.17, 15) is 0 Å². The number of rotatable bonds is 6. The zero-order chi connectivity index (χ0) is 11.1. The first-order valence-electron chi connectivity index (χ1n) is 4.56. The highest BCUT2D eigenvalue weighted by Gasteiger charge is 2.10. The van der Waals surface area contributed by atoms with E-state index in [0.29, 0.717) is 13.2 Å². The minimum atomic E-state index is -0.444. The lowest BCUT2D eigenvalue weighted by molar-refractivity contribution is 0.0811. The lowest BCUT2D eigenvalue weighted by Crippen LogP contribution is -2.08. The summed E-state index contributed by atoms with van der Waals surface area (Å²) in [5.74, 6) is 0. The quantitative estimate of drug-likeness (QED) is 0.352. The number of alkyl halides is 1. The van der Waals surface area contributed by atoms with Crippen LogP contribution in [-0.2, 0) is 11.3 Å². The van der Waals surface area contributed by atoms with Crippen molar-refractivity contribution in [3.8, 4) is 0 Å². The van der Waals surface area contributed by atoms with Gasteiger partial charge in [-0.2, -0.15) is 0 Å². The molecule has 84 valence electrons. The highest BCUT2D eigenvalue weighted by Crippen LogP contribution is 2.22. The second kappa shape index (κ2) is 7.04. The molecule has 5 heteroatoms. The Morgan fingerprint density at radius 3 is 2.80 bits per heavy atom. The molecule has 0 bridgehead atoms. The van der Waals surface area contributed by atoms with Crippen LogP contribution in [0.4, 0.5) is 0 Å². The maximum atomic E-state index is 8.58. The minimum absolute atomic E-state index is 0.0141. The van der Waals surface area contributed by atoms with Gasteiger partial charge in [0.15, 0.2) is 0 Å². The van der Waals surface area contributed by atoms with Gasteiger partial charge in [-0.15, -0.1) is 0 Å². The van der Waals surface area contributed by atoms with Crippen LogP contribution < -0.4 is 4.84 Å². The van der Waals surface area contributed by atoms with Crippen LogP contribution in [0.1, 0.15) is 16.6 Å². The van der Waals surface area contributed by atoms with Crippen molar-refractivity contribution < 1.29 is 9.84 Å². The zero-order valence-corrected chi connectivity index (χ0v) is 9.63. The standard InChI is InChI=1S/C10H13Cl2NO2/c11-10(13-12)9-4-2-1-3-8(9)7-15-6-5-14/h1-4,10,13-14H,5-7H2. The van der Waals surface area contributed by atoms with Crippen LogP contribution in [0.5, 0.6) is 0 Å². The van der Waals surface area contributed by atoms with Crippen molar-refractivity contribution in [3.63, 3.8) is 0 Å². The Morgan fingerprint density at radius 2 is 2.13 bits per heavy atom. The van der Waals surface area contributed by atoms with Crippen molar-refractivity contribution >= 4 is 23.4 Å². The molecule has 1 atom stereocenters. The summed E-state index contributed by atoms with van der Waals surface area (Å²) in [4.78, 5) is 2.44. The van der Waals surface area contributed by atoms with Gasteiger partial charge in [0.2, 0.25) is 0 Å². The number of halogens is 2. The highest BCUT2D eigenvalue weighted by molar-refractivity contribution is 6.25. The molecule has 0 radical (unpaired) electrons. The highest BCUT2D eigenvalue weighted by atomic mass is 35.5. The predicted molar refractivity (Wildman–Crippen MR) is 60.8 cm³/mol. The lowest BCUT2D eigenvalue weighted by Gasteiger charge is -2.12. The Kier molecular flexibility index (Phi) is 5.98. The summed E-state index contributed by atoms with van der Waals surface area (Å²) in [6, 6.07) is 7.58. The van der Waals surface area contributed by atoms with E-state index in [1.165, 1.54) is 0 Å². The normalized spacial score (nSPS) is 12.7. The molecule has 1 unspecified atom stereocenters. The Bertz CT molecular complexity index is 297. The Morgan fingerprint density at radius 1 is 1.40 bits per heavy atom. The fraction of sp³-hybridized carbons (Fsp3) is 0.400. The maximum absolute atomic E-state index is 8.58. The van der Waals surface area contributed by atoms with Crippen molar-refractivity contribution in [3.05, 3.63) is 35.4 Å². The van der Waals surface area contributed by atoms with Gasteiger partial charge in [-0.25, -0.2) is 4.84 Å². The maximum Gasteiger partial charge on any atom is 0.122 e. The number of benzene rings is 1. The Balaban J connectivity index is 2.68. The van der Waals surface area contributed by atoms with Crippen molar-refractivity contribution in [2.45, 2.75) is 12.1 Å². The third-order valence-electron chi connectivity index (χ3n) is 1.92. The van der Waals surface area contributed by atoms with Gasteiger partial charge in [-0.3, -0.25) is 0 Å². The summed E-state index contributed by atoms with van der Waals surface area (Å²) in [5, 5.41) is 8.58. The van der Waals surface area contributed by atoms with Gasteiger partial charge in [0, 0.05) is 0 Å². The average molecular weight is 250 g/mol. The van der Waals surface area contributed by atoms with Crippen molar-refractivity contribution in [1.29, 1.82) is 0 Å². The molecule has 0 amide bonds. The predicted octanol–water partition coefficient (Wildman–Crippen LogP) is 2.18. The topological polar surface area (TPSA) is 41.5 Å². The molecule has 0 aliphatic carbocycles. The summed E-state index contributed by atoms with van der Waals surface area (Å²) in [7, 11) is 0. The smallest absolute Gasteiger partial charge is 0.122 e. The molecule has 3 nitrogen and oxygen atoms in total. The molecule has 0 aliphatic rings. The number of hydrogen-bond donors (Lipinski definition) is 2. The molecular formula is C10H13Cl2NO2. The van der Waals surface area contributed by atoms with E-state index >= 15 is 0 Å². The zero-order valence-electron chi connectivity index (χ0n) is 8.12. The summed E-state index contributed by atoms with van der Waals surface area (Å²) >= 11 is 11.4. The van der Waals surface area contributed by atoms with Gasteiger partial charge in [-0.05, 0) is 22.9 Å². The number of aliphatic hydroxyl groups excluding tert-OH is 1. The van der Waals surface area contributed by atoms with Gasteiger partial charge in [0.05, 0.1) is 19.8 Å². The van der Waals surface area contributed by atoms with Crippen LogP contribution in [-0.4, -0.2) is 18.3 Å². The van der Waals surface area contributed by atoms with Gasteiger partial charge in [0.1, 0.15) is 5.50 Å². The third-order valence-corrected chi connectivity index (χ3v) is 2.59. The summed E-state index contributed by atoms with van der Waals surface area (Å²) in [6.45, 7) is 0.744. The van der Waals surface area contributed by atoms with Crippen LogP contribution in [0, 0.1) is 0 Å². The SMILES string of the molecule is OCCOCc1ccccc1C(Cl)NCl. The number of hydrogen-bond acceptors (Lipinski definition) is 3. The van der Waals surface area contributed by atoms with E-state index in [0.717, 1.165) is 11.1 Å². The van der Waals surface area contributed by atoms with Gasteiger partial charge in [0.25, 0.3) is 0 Å². The molecule has 1 rings (SSSR count). The fourth-order valence-electron chi connectivity index (χ4n) is 1.22. The molecule has 15 heavy (non-hydrogen) atoms. The van der Waals surface area contributed by atoms with Gasteiger partial charge in [-0.1, -0.05) is 35.9 Å².